The number of nitrogens with one attached hydrogen (secondary N) is 2. The van der Waals surface area contributed by atoms with Crippen LogP contribution in [0.15, 0.2) is 71.8 Å². The number of hydrogen-bond acceptors (Lipinski definition) is 5. The van der Waals surface area contributed by atoms with E-state index in [-0.39, 0.29) is 11.8 Å². The average molecular weight is 556 g/mol. The van der Waals surface area contributed by atoms with Gasteiger partial charge >= 0.3 is 0 Å². The van der Waals surface area contributed by atoms with Crippen LogP contribution in [0, 0.1) is 5.92 Å². The van der Waals surface area contributed by atoms with E-state index in [0.29, 0.717) is 52.3 Å². The van der Waals surface area contributed by atoms with E-state index < -0.39 is 11.9 Å². The van der Waals surface area contributed by atoms with Crippen LogP contribution >= 0.6 is 23.2 Å². The number of hydrogen-bond donors (Lipinski definition) is 2. The highest BCUT2D eigenvalue weighted by molar-refractivity contribution is 6.31. The van der Waals surface area contributed by atoms with Crippen molar-refractivity contribution in [1.29, 1.82) is 0 Å². The third-order valence-corrected chi connectivity index (χ3v) is 6.05. The van der Waals surface area contributed by atoms with Crippen molar-refractivity contribution in [2.45, 2.75) is 39.8 Å². The van der Waals surface area contributed by atoms with E-state index in [1.807, 2.05) is 45.0 Å². The molecule has 0 heterocycles. The van der Waals surface area contributed by atoms with Gasteiger partial charge in [0.05, 0.1) is 12.8 Å². The van der Waals surface area contributed by atoms with E-state index in [4.69, 9.17) is 32.7 Å². The molecule has 7 nitrogen and oxygen atoms in total. The lowest BCUT2D eigenvalue weighted by Crippen LogP contribution is -2.46. The highest BCUT2D eigenvalue weighted by Gasteiger charge is 2.22. The number of carbonyl (C=O) groups excluding carboxylic acids is 2. The van der Waals surface area contributed by atoms with Crippen LogP contribution in [-0.2, 0) is 11.4 Å². The predicted molar refractivity (Wildman–Crippen MR) is 151 cm³/mol. The van der Waals surface area contributed by atoms with E-state index in [9.17, 15) is 9.59 Å². The van der Waals surface area contributed by atoms with Crippen LogP contribution in [0.5, 0.6) is 11.5 Å². The second-order valence-electron chi connectivity index (χ2n) is 8.92. The number of rotatable bonds is 12. The summed E-state index contributed by atoms with van der Waals surface area (Å²) in [4.78, 5) is 25.5. The number of halogens is 2. The quantitative estimate of drug-likeness (QED) is 0.203. The lowest BCUT2D eigenvalue weighted by Gasteiger charge is -2.19. The van der Waals surface area contributed by atoms with Gasteiger partial charge in [0.2, 0.25) is 0 Å². The van der Waals surface area contributed by atoms with Gasteiger partial charge in [0.25, 0.3) is 11.8 Å². The maximum absolute atomic E-state index is 12.8. The Bertz CT molecular complexity index is 1260. The maximum atomic E-state index is 12.8. The van der Waals surface area contributed by atoms with Gasteiger partial charge in [-0.15, -0.1) is 0 Å². The Morgan fingerprint density at radius 1 is 0.974 bits per heavy atom. The standard InChI is InChI=1S/C29H31Cl2N3O4/c1-4-37-27-16-20(9-14-26(27)38-18-22-7-5-6-8-24(22)31)17-32-34-29(36)25(15-19(2)3)33-28(35)21-10-12-23(30)13-11-21/h5-14,16-17,19,25H,4,15,18H2,1-3H3,(H,33,35)(H,34,36). The minimum absolute atomic E-state index is 0.173. The SMILES string of the molecule is CCOc1cc(C=NNC(=O)C(CC(C)C)NC(=O)c2ccc(Cl)cc2)ccc1OCc1ccccc1Cl. The molecule has 2 amide bonds. The largest absolute Gasteiger partial charge is 0.490 e. The summed E-state index contributed by atoms with van der Waals surface area (Å²) in [7, 11) is 0. The van der Waals surface area contributed by atoms with E-state index >= 15 is 0 Å². The van der Waals surface area contributed by atoms with Crippen LogP contribution in [0.4, 0.5) is 0 Å². The lowest BCUT2D eigenvalue weighted by molar-refractivity contribution is -0.123. The van der Waals surface area contributed by atoms with Crippen LogP contribution in [0.3, 0.4) is 0 Å². The zero-order chi connectivity index (χ0) is 27.5. The Labute approximate surface area is 233 Å². The first-order chi connectivity index (χ1) is 18.3. The highest BCUT2D eigenvalue weighted by Crippen LogP contribution is 2.29. The summed E-state index contributed by atoms with van der Waals surface area (Å²) >= 11 is 12.1. The summed E-state index contributed by atoms with van der Waals surface area (Å²) in [5.41, 5.74) is 4.51. The van der Waals surface area contributed by atoms with Crippen LogP contribution in [0.1, 0.15) is 48.7 Å². The number of benzene rings is 3. The Balaban J connectivity index is 1.65. The lowest BCUT2D eigenvalue weighted by atomic mass is 10.0. The molecule has 1 unspecified atom stereocenters. The second kappa shape index (κ2) is 14.4. The zero-order valence-corrected chi connectivity index (χ0v) is 23.1. The summed E-state index contributed by atoms with van der Waals surface area (Å²) in [5.74, 6) is 0.507. The fraction of sp³-hybridized carbons (Fsp3) is 0.276. The highest BCUT2D eigenvalue weighted by atomic mass is 35.5. The van der Waals surface area contributed by atoms with Crippen molar-refractivity contribution in [3.63, 3.8) is 0 Å². The van der Waals surface area contributed by atoms with Crippen molar-refractivity contribution in [3.8, 4) is 11.5 Å². The number of nitrogens with zero attached hydrogens (tertiary/aromatic N) is 1. The van der Waals surface area contributed by atoms with Crippen molar-refractivity contribution in [2.24, 2.45) is 11.0 Å². The van der Waals surface area contributed by atoms with Crippen LogP contribution < -0.4 is 20.2 Å². The van der Waals surface area contributed by atoms with Gasteiger partial charge in [0, 0.05) is 21.2 Å². The molecule has 3 rings (SSSR count). The molecular formula is C29H31Cl2N3O4. The molecule has 0 aromatic heterocycles. The van der Waals surface area contributed by atoms with E-state index in [1.54, 1.807) is 42.5 Å². The molecule has 2 N–H and O–H groups in total. The molecule has 0 saturated heterocycles. The first kappa shape index (κ1) is 29.0. The molecule has 9 heteroatoms. The second-order valence-corrected chi connectivity index (χ2v) is 9.76. The molecule has 0 saturated carbocycles. The topological polar surface area (TPSA) is 89.0 Å². The molecule has 0 aliphatic rings. The molecule has 1 atom stereocenters. The minimum Gasteiger partial charge on any atom is -0.490 e. The van der Waals surface area contributed by atoms with Gasteiger partial charge in [-0.2, -0.15) is 5.10 Å². The van der Waals surface area contributed by atoms with E-state index in [0.717, 1.165) is 5.56 Å². The predicted octanol–water partition coefficient (Wildman–Crippen LogP) is 6.27. The van der Waals surface area contributed by atoms with Crippen LogP contribution in [0.2, 0.25) is 10.0 Å². The third kappa shape index (κ3) is 8.78. The Morgan fingerprint density at radius 3 is 2.39 bits per heavy atom. The number of ether oxygens (including phenoxy) is 2. The van der Waals surface area contributed by atoms with Crippen molar-refractivity contribution in [1.82, 2.24) is 10.7 Å². The van der Waals surface area contributed by atoms with Crippen molar-refractivity contribution in [2.75, 3.05) is 6.61 Å². The van der Waals surface area contributed by atoms with Gasteiger partial charge in [-0.05, 0) is 73.4 Å². The summed E-state index contributed by atoms with van der Waals surface area (Å²) in [6.07, 6.45) is 1.96. The molecule has 38 heavy (non-hydrogen) atoms. The molecule has 0 fully saturated rings. The van der Waals surface area contributed by atoms with Crippen molar-refractivity contribution in [3.05, 3.63) is 93.5 Å². The molecule has 200 valence electrons. The fourth-order valence-electron chi connectivity index (χ4n) is 3.56. The van der Waals surface area contributed by atoms with Crippen LogP contribution in [-0.4, -0.2) is 30.7 Å². The summed E-state index contributed by atoms with van der Waals surface area (Å²) in [6.45, 7) is 6.57. The normalized spacial score (nSPS) is 11.8. The number of hydrazone groups is 1. The van der Waals surface area contributed by atoms with Gasteiger partial charge in [0.15, 0.2) is 11.5 Å². The summed E-state index contributed by atoms with van der Waals surface area (Å²) < 4.78 is 11.7. The van der Waals surface area contributed by atoms with Gasteiger partial charge in [-0.3, -0.25) is 9.59 Å². The number of carbonyl (C=O) groups is 2. The summed E-state index contributed by atoms with van der Waals surface area (Å²) in [5, 5.41) is 8.03. The van der Waals surface area contributed by atoms with Gasteiger partial charge in [-0.1, -0.05) is 55.2 Å². The molecule has 0 aliphatic heterocycles. The van der Waals surface area contributed by atoms with Gasteiger partial charge in [0.1, 0.15) is 12.6 Å². The fourth-order valence-corrected chi connectivity index (χ4v) is 3.87. The van der Waals surface area contributed by atoms with Crippen LogP contribution in [0.25, 0.3) is 0 Å². The smallest absolute Gasteiger partial charge is 0.262 e. The van der Waals surface area contributed by atoms with E-state index in [2.05, 4.69) is 15.8 Å². The first-order valence-electron chi connectivity index (χ1n) is 12.3. The Kier molecular flexibility index (Phi) is 11.0. The summed E-state index contributed by atoms with van der Waals surface area (Å²) in [6, 6.07) is 18.5. The minimum atomic E-state index is -0.755. The molecule has 0 bridgehead atoms. The molecule has 0 radical (unpaired) electrons. The van der Waals surface area contributed by atoms with Gasteiger partial charge in [-0.25, -0.2) is 5.43 Å². The zero-order valence-electron chi connectivity index (χ0n) is 21.5. The molecule has 3 aromatic rings. The number of amides is 2. The Morgan fingerprint density at radius 2 is 1.71 bits per heavy atom. The third-order valence-electron chi connectivity index (χ3n) is 5.43. The first-order valence-corrected chi connectivity index (χ1v) is 13.0. The monoisotopic (exact) mass is 555 g/mol. The molecule has 3 aromatic carbocycles. The van der Waals surface area contributed by atoms with Crippen molar-refractivity contribution >= 4 is 41.2 Å². The van der Waals surface area contributed by atoms with E-state index in [1.165, 1.54) is 6.21 Å². The molecule has 0 spiro atoms. The average Bonchev–Trinajstić information content (AvgIpc) is 2.89. The van der Waals surface area contributed by atoms with Crippen molar-refractivity contribution < 1.29 is 19.1 Å². The molecule has 0 aliphatic carbocycles. The maximum Gasteiger partial charge on any atom is 0.262 e. The molecular weight excluding hydrogens is 525 g/mol. The van der Waals surface area contributed by atoms with Gasteiger partial charge < -0.3 is 14.8 Å². The Hall–Kier alpha value is -3.55.